The van der Waals surface area contributed by atoms with Crippen LogP contribution in [0.3, 0.4) is 0 Å². The van der Waals surface area contributed by atoms with Crippen molar-refractivity contribution in [2.75, 3.05) is 23.3 Å². The highest BCUT2D eigenvalue weighted by Crippen LogP contribution is 2.19. The molecule has 0 radical (unpaired) electrons. The number of benzene rings is 1. The summed E-state index contributed by atoms with van der Waals surface area (Å²) in [6.45, 7) is 0.0341. The van der Waals surface area contributed by atoms with Crippen molar-refractivity contribution in [2.24, 2.45) is 10.3 Å². The number of anilines is 2. The predicted molar refractivity (Wildman–Crippen MR) is 68.7 cm³/mol. The fourth-order valence-corrected chi connectivity index (χ4v) is 2.20. The number of hydrogen-bond acceptors (Lipinski definition) is 6. The van der Waals surface area contributed by atoms with E-state index in [0.29, 0.717) is 5.69 Å². The van der Waals surface area contributed by atoms with Crippen molar-refractivity contribution in [3.63, 3.8) is 0 Å². The van der Waals surface area contributed by atoms with Crippen molar-refractivity contribution in [1.82, 2.24) is 0 Å². The monoisotopic (exact) mass is 294 g/mol. The maximum Gasteiger partial charge on any atom is 0.238 e. The van der Waals surface area contributed by atoms with E-state index in [-0.39, 0.29) is 22.9 Å². The second-order valence-electron chi connectivity index (χ2n) is 3.63. The van der Waals surface area contributed by atoms with Crippen LogP contribution in [-0.2, 0) is 20.0 Å². The zero-order valence-electron chi connectivity index (χ0n) is 9.33. The Morgan fingerprint density at radius 2 is 1.67 bits per heavy atom. The van der Waals surface area contributed by atoms with Crippen LogP contribution in [0.25, 0.3) is 0 Å². The second kappa shape index (κ2) is 5.10. The molecule has 0 amide bonds. The lowest BCUT2D eigenvalue weighted by Crippen LogP contribution is -2.22. The van der Waals surface area contributed by atoms with Gasteiger partial charge in [0.2, 0.25) is 20.0 Å². The van der Waals surface area contributed by atoms with Crippen molar-refractivity contribution in [3.05, 3.63) is 18.2 Å². The first-order valence-corrected chi connectivity index (χ1v) is 8.02. The minimum atomic E-state index is -3.86. The summed E-state index contributed by atoms with van der Waals surface area (Å²) in [5.41, 5.74) is 6.05. The molecule has 0 heterocycles. The molecule has 102 valence electrons. The van der Waals surface area contributed by atoms with Crippen LogP contribution < -0.4 is 21.3 Å². The quantitative estimate of drug-likeness (QED) is 0.490. The molecule has 1 aromatic carbocycles. The molecule has 0 aliphatic heterocycles. The zero-order chi connectivity index (χ0) is 14.0. The van der Waals surface area contributed by atoms with E-state index in [2.05, 4.69) is 5.32 Å². The molecule has 0 aromatic heterocycles. The van der Waals surface area contributed by atoms with Gasteiger partial charge in [0, 0.05) is 17.9 Å². The summed E-state index contributed by atoms with van der Waals surface area (Å²) in [5.74, 6) is -0.285. The summed E-state index contributed by atoms with van der Waals surface area (Å²) >= 11 is 0. The van der Waals surface area contributed by atoms with Gasteiger partial charge in [-0.2, -0.15) is 0 Å². The Hall–Kier alpha value is -1.36. The van der Waals surface area contributed by atoms with E-state index >= 15 is 0 Å². The third-order valence-corrected chi connectivity index (χ3v) is 3.64. The summed E-state index contributed by atoms with van der Waals surface area (Å²) in [6.07, 6.45) is 0. The number of hydrogen-bond donors (Lipinski definition) is 4. The van der Waals surface area contributed by atoms with Gasteiger partial charge < -0.3 is 11.1 Å². The molecule has 0 saturated heterocycles. The first-order valence-electron chi connectivity index (χ1n) is 4.76. The summed E-state index contributed by atoms with van der Waals surface area (Å²) < 4.78 is 43.7. The molecule has 0 aliphatic carbocycles. The maximum atomic E-state index is 11.1. The van der Waals surface area contributed by atoms with Crippen LogP contribution in [0.15, 0.2) is 23.1 Å². The van der Waals surface area contributed by atoms with E-state index in [9.17, 15) is 16.8 Å². The van der Waals surface area contributed by atoms with Crippen LogP contribution in [0.2, 0.25) is 0 Å². The van der Waals surface area contributed by atoms with E-state index in [0.717, 1.165) is 0 Å². The van der Waals surface area contributed by atoms with Gasteiger partial charge in [-0.1, -0.05) is 0 Å². The topological polar surface area (TPSA) is 158 Å². The average molecular weight is 294 g/mol. The first kappa shape index (κ1) is 14.7. The molecule has 0 unspecified atom stereocenters. The van der Waals surface area contributed by atoms with Crippen molar-refractivity contribution in [2.45, 2.75) is 4.90 Å². The van der Waals surface area contributed by atoms with Crippen molar-refractivity contribution in [3.8, 4) is 0 Å². The van der Waals surface area contributed by atoms with Gasteiger partial charge in [0.25, 0.3) is 0 Å². The highest BCUT2D eigenvalue weighted by atomic mass is 32.2. The standard InChI is InChI=1S/C8H14N4O4S2/c9-6-3-7(12-1-2-17(10,13)14)5-8(4-6)18(11,15)16/h3-5,12H,1-2,9H2,(H2,10,13,14)(H2,11,15,16). The largest absolute Gasteiger partial charge is 0.399 e. The Balaban J connectivity index is 2.88. The molecule has 18 heavy (non-hydrogen) atoms. The van der Waals surface area contributed by atoms with Crippen LogP contribution in [-0.4, -0.2) is 29.1 Å². The lowest BCUT2D eigenvalue weighted by Gasteiger charge is -2.08. The number of nitrogens with one attached hydrogen (secondary N) is 1. The maximum absolute atomic E-state index is 11.1. The van der Waals surface area contributed by atoms with Gasteiger partial charge in [-0.15, -0.1) is 0 Å². The molecule has 0 bridgehead atoms. The highest BCUT2D eigenvalue weighted by molar-refractivity contribution is 7.89. The number of primary sulfonamides is 2. The molecule has 0 aliphatic rings. The van der Waals surface area contributed by atoms with Crippen LogP contribution >= 0.6 is 0 Å². The molecule has 10 heteroatoms. The SMILES string of the molecule is Nc1cc(NCCS(N)(=O)=O)cc(S(N)(=O)=O)c1. The lowest BCUT2D eigenvalue weighted by atomic mass is 10.3. The Labute approximate surface area is 105 Å². The lowest BCUT2D eigenvalue weighted by molar-refractivity contribution is 0.596. The number of nitrogen functional groups attached to an aromatic ring is 1. The van der Waals surface area contributed by atoms with Gasteiger partial charge in [-0.25, -0.2) is 27.1 Å². The fourth-order valence-electron chi connectivity index (χ4n) is 1.23. The van der Waals surface area contributed by atoms with E-state index < -0.39 is 20.0 Å². The Kier molecular flexibility index (Phi) is 4.16. The van der Waals surface area contributed by atoms with E-state index in [1.165, 1.54) is 18.2 Å². The van der Waals surface area contributed by atoms with Crippen molar-refractivity contribution >= 4 is 31.4 Å². The molecule has 0 fully saturated rings. The van der Waals surface area contributed by atoms with Gasteiger partial charge in [-0.05, 0) is 18.2 Å². The zero-order valence-corrected chi connectivity index (χ0v) is 11.0. The molecule has 0 spiro atoms. The normalized spacial score (nSPS) is 12.3. The molecular formula is C8H14N4O4S2. The van der Waals surface area contributed by atoms with E-state index in [4.69, 9.17) is 16.0 Å². The van der Waals surface area contributed by atoms with Crippen LogP contribution in [0, 0.1) is 0 Å². The Bertz CT molecular complexity index is 639. The molecule has 1 aromatic rings. The smallest absolute Gasteiger partial charge is 0.238 e. The molecular weight excluding hydrogens is 280 g/mol. The number of rotatable bonds is 5. The highest BCUT2D eigenvalue weighted by Gasteiger charge is 2.10. The summed E-state index contributed by atoms with van der Waals surface area (Å²) in [4.78, 5) is -0.152. The van der Waals surface area contributed by atoms with Gasteiger partial charge in [-0.3, -0.25) is 0 Å². The molecule has 0 atom stereocenters. The number of nitrogens with two attached hydrogens (primary N) is 3. The fraction of sp³-hybridized carbons (Fsp3) is 0.250. The molecule has 1 rings (SSSR count). The summed E-state index contributed by atoms with van der Waals surface area (Å²) in [7, 11) is -7.44. The van der Waals surface area contributed by atoms with E-state index in [1.54, 1.807) is 0 Å². The van der Waals surface area contributed by atoms with Gasteiger partial charge in [0.1, 0.15) is 0 Å². The predicted octanol–water partition coefficient (Wildman–Crippen LogP) is -1.38. The Morgan fingerprint density at radius 3 is 2.17 bits per heavy atom. The number of sulfonamides is 2. The Morgan fingerprint density at radius 1 is 1.06 bits per heavy atom. The third kappa shape index (κ3) is 4.87. The van der Waals surface area contributed by atoms with Gasteiger partial charge in [0.15, 0.2) is 0 Å². The molecule has 8 nitrogen and oxygen atoms in total. The first-order chi connectivity index (χ1) is 8.08. The molecule has 7 N–H and O–H groups in total. The minimum absolute atomic E-state index is 0.0341. The average Bonchev–Trinajstić information content (AvgIpc) is 2.13. The van der Waals surface area contributed by atoms with Crippen molar-refractivity contribution < 1.29 is 16.8 Å². The second-order valence-corrected chi connectivity index (χ2v) is 6.92. The van der Waals surface area contributed by atoms with Gasteiger partial charge >= 0.3 is 0 Å². The minimum Gasteiger partial charge on any atom is -0.399 e. The van der Waals surface area contributed by atoms with Crippen molar-refractivity contribution in [1.29, 1.82) is 0 Å². The molecule has 0 saturated carbocycles. The van der Waals surface area contributed by atoms with Crippen LogP contribution in [0.4, 0.5) is 11.4 Å². The third-order valence-electron chi connectivity index (χ3n) is 1.97. The van der Waals surface area contributed by atoms with Crippen LogP contribution in [0.1, 0.15) is 0 Å². The van der Waals surface area contributed by atoms with Crippen LogP contribution in [0.5, 0.6) is 0 Å². The summed E-state index contributed by atoms with van der Waals surface area (Å²) in [5, 5.41) is 12.5. The van der Waals surface area contributed by atoms with Gasteiger partial charge in [0.05, 0.1) is 10.6 Å². The summed E-state index contributed by atoms with van der Waals surface area (Å²) in [6, 6.07) is 3.92. The van der Waals surface area contributed by atoms with E-state index in [1.807, 2.05) is 0 Å².